The minimum absolute atomic E-state index is 0.0662. The molecule has 2 rings (SSSR count). The lowest BCUT2D eigenvalue weighted by molar-refractivity contribution is -0.308. The highest BCUT2D eigenvalue weighted by atomic mass is 16.5. The van der Waals surface area contributed by atoms with Crippen molar-refractivity contribution < 1.29 is 24.2 Å². The van der Waals surface area contributed by atoms with Crippen molar-refractivity contribution in [1.29, 1.82) is 0 Å². The molecule has 0 aliphatic carbocycles. The first-order chi connectivity index (χ1) is 13.0. The summed E-state index contributed by atoms with van der Waals surface area (Å²) in [7, 11) is 0. The second-order valence-corrected chi connectivity index (χ2v) is 6.00. The normalized spacial score (nSPS) is 12.5. The smallest absolute Gasteiger partial charge is 0.408 e. The van der Waals surface area contributed by atoms with Crippen LogP contribution in [0.3, 0.4) is 0 Å². The molecule has 2 atom stereocenters. The predicted octanol–water partition coefficient (Wildman–Crippen LogP) is 0.779. The van der Waals surface area contributed by atoms with Crippen LogP contribution in [0.4, 0.5) is 4.79 Å². The molecule has 0 spiro atoms. The zero-order valence-corrected chi connectivity index (χ0v) is 14.9. The number of rotatable bonds is 8. The third-order valence-corrected chi connectivity index (χ3v) is 3.82. The Morgan fingerprint density at radius 3 is 2.04 bits per heavy atom. The lowest BCUT2D eigenvalue weighted by Crippen LogP contribution is -2.54. The molecular formula is C20H21N2O5-. The Bertz CT molecular complexity index is 764. The van der Waals surface area contributed by atoms with E-state index in [-0.39, 0.29) is 13.0 Å². The summed E-state index contributed by atoms with van der Waals surface area (Å²) in [5.74, 6) is -2.04. The molecule has 0 saturated carbocycles. The van der Waals surface area contributed by atoms with E-state index in [4.69, 9.17) is 4.74 Å². The molecule has 0 aromatic heterocycles. The van der Waals surface area contributed by atoms with Crippen molar-refractivity contribution >= 4 is 18.0 Å². The molecule has 0 radical (unpaired) electrons. The zero-order chi connectivity index (χ0) is 19.6. The van der Waals surface area contributed by atoms with Crippen molar-refractivity contribution in [3.63, 3.8) is 0 Å². The topological polar surface area (TPSA) is 108 Å². The number of carbonyl (C=O) groups is 3. The van der Waals surface area contributed by atoms with Crippen LogP contribution in [-0.2, 0) is 27.4 Å². The lowest BCUT2D eigenvalue weighted by atomic mass is 10.1. The van der Waals surface area contributed by atoms with Crippen LogP contribution >= 0.6 is 0 Å². The van der Waals surface area contributed by atoms with Gasteiger partial charge in [-0.05, 0) is 24.5 Å². The van der Waals surface area contributed by atoms with Gasteiger partial charge in [-0.25, -0.2) is 4.79 Å². The molecule has 142 valence electrons. The third kappa shape index (κ3) is 6.81. The van der Waals surface area contributed by atoms with E-state index in [1.54, 1.807) is 36.4 Å². The second-order valence-electron chi connectivity index (χ2n) is 6.00. The summed E-state index contributed by atoms with van der Waals surface area (Å²) in [5, 5.41) is 16.0. The summed E-state index contributed by atoms with van der Waals surface area (Å²) in [6.45, 7) is 1.50. The van der Waals surface area contributed by atoms with Gasteiger partial charge in [0.25, 0.3) is 0 Å². The monoisotopic (exact) mass is 369 g/mol. The lowest BCUT2D eigenvalue weighted by Gasteiger charge is -2.22. The highest BCUT2D eigenvalue weighted by molar-refractivity contribution is 5.88. The largest absolute Gasteiger partial charge is 0.548 e. The number of hydrogen-bond donors (Lipinski definition) is 2. The number of alkyl carbamates (subject to hydrolysis) is 1. The summed E-state index contributed by atoms with van der Waals surface area (Å²) in [5.41, 5.74) is 1.56. The van der Waals surface area contributed by atoms with Gasteiger partial charge in [-0.3, -0.25) is 4.79 Å². The first kappa shape index (κ1) is 20.0. The summed E-state index contributed by atoms with van der Waals surface area (Å²) in [6.07, 6.45) is -0.686. The molecule has 2 aromatic rings. The first-order valence-corrected chi connectivity index (χ1v) is 8.48. The maximum Gasteiger partial charge on any atom is 0.408 e. The van der Waals surface area contributed by atoms with Gasteiger partial charge in [0.2, 0.25) is 5.91 Å². The Hall–Kier alpha value is -3.35. The van der Waals surface area contributed by atoms with Crippen LogP contribution < -0.4 is 15.7 Å². The van der Waals surface area contributed by atoms with E-state index < -0.39 is 30.1 Å². The van der Waals surface area contributed by atoms with Crippen LogP contribution in [-0.4, -0.2) is 30.1 Å². The molecule has 0 saturated heterocycles. The average molecular weight is 369 g/mol. The SMILES string of the molecule is C[C@@H](NC(=O)OCc1ccccc1)C(=O)N[C@H](Cc1ccccc1)C(=O)[O-]. The van der Waals surface area contributed by atoms with Crippen molar-refractivity contribution in [3.05, 3.63) is 71.8 Å². The van der Waals surface area contributed by atoms with Crippen molar-refractivity contribution in [1.82, 2.24) is 10.6 Å². The van der Waals surface area contributed by atoms with E-state index in [0.29, 0.717) is 0 Å². The summed E-state index contributed by atoms with van der Waals surface area (Å²) < 4.78 is 5.04. The molecule has 0 unspecified atom stereocenters. The van der Waals surface area contributed by atoms with Gasteiger partial charge in [-0.2, -0.15) is 0 Å². The predicted molar refractivity (Wildman–Crippen MR) is 96.3 cm³/mol. The molecule has 27 heavy (non-hydrogen) atoms. The highest BCUT2D eigenvalue weighted by Gasteiger charge is 2.21. The molecule has 7 nitrogen and oxygen atoms in total. The maximum absolute atomic E-state index is 12.2. The molecule has 2 N–H and O–H groups in total. The molecule has 2 aromatic carbocycles. The van der Waals surface area contributed by atoms with Gasteiger partial charge in [0.1, 0.15) is 12.6 Å². The molecule has 7 heteroatoms. The van der Waals surface area contributed by atoms with Crippen molar-refractivity contribution in [2.75, 3.05) is 0 Å². The third-order valence-electron chi connectivity index (χ3n) is 3.82. The average Bonchev–Trinajstić information content (AvgIpc) is 2.67. The molecule has 0 fully saturated rings. The maximum atomic E-state index is 12.2. The number of carboxylic acids is 1. The zero-order valence-electron chi connectivity index (χ0n) is 14.9. The number of benzene rings is 2. The van der Waals surface area contributed by atoms with Crippen LogP contribution in [0.2, 0.25) is 0 Å². The van der Waals surface area contributed by atoms with Crippen molar-refractivity contribution in [2.24, 2.45) is 0 Å². The van der Waals surface area contributed by atoms with Crippen LogP contribution in [0.15, 0.2) is 60.7 Å². The van der Waals surface area contributed by atoms with E-state index in [1.165, 1.54) is 6.92 Å². The number of carbonyl (C=O) groups excluding carboxylic acids is 3. The number of hydrogen-bond acceptors (Lipinski definition) is 5. The Labute approximate surface area is 157 Å². The highest BCUT2D eigenvalue weighted by Crippen LogP contribution is 2.04. The number of aliphatic carboxylic acids is 1. The van der Waals surface area contributed by atoms with Crippen LogP contribution in [0, 0.1) is 0 Å². The number of ether oxygens (including phenoxy) is 1. The standard InChI is InChI=1S/C20H22N2O5/c1-14(21-20(26)27-13-16-10-6-3-7-11-16)18(23)22-17(19(24)25)12-15-8-4-2-5-9-15/h2-11,14,17H,12-13H2,1H3,(H,21,26)(H,22,23)(H,24,25)/p-1/t14-,17-/m1/s1. The molecule has 0 heterocycles. The van der Waals surface area contributed by atoms with E-state index in [2.05, 4.69) is 10.6 Å². The Balaban J connectivity index is 1.83. The Morgan fingerprint density at radius 1 is 0.926 bits per heavy atom. The molecule has 0 aliphatic rings. The van der Waals surface area contributed by atoms with E-state index in [9.17, 15) is 19.5 Å². The number of amides is 2. The van der Waals surface area contributed by atoms with Crippen LogP contribution in [0.25, 0.3) is 0 Å². The fraction of sp³-hybridized carbons (Fsp3) is 0.250. The minimum atomic E-state index is -1.40. The van der Waals surface area contributed by atoms with Gasteiger partial charge >= 0.3 is 6.09 Å². The minimum Gasteiger partial charge on any atom is -0.548 e. The molecule has 0 aliphatic heterocycles. The Kier molecular flexibility index (Phi) is 7.37. The summed E-state index contributed by atoms with van der Waals surface area (Å²) in [4.78, 5) is 35.3. The summed E-state index contributed by atoms with van der Waals surface area (Å²) >= 11 is 0. The van der Waals surface area contributed by atoms with E-state index >= 15 is 0 Å². The van der Waals surface area contributed by atoms with Crippen molar-refractivity contribution in [3.8, 4) is 0 Å². The van der Waals surface area contributed by atoms with Gasteiger partial charge in [-0.1, -0.05) is 60.7 Å². The van der Waals surface area contributed by atoms with E-state index in [0.717, 1.165) is 11.1 Å². The number of carboxylic acid groups (broad SMARTS) is 1. The first-order valence-electron chi connectivity index (χ1n) is 8.48. The fourth-order valence-corrected chi connectivity index (χ4v) is 2.35. The van der Waals surface area contributed by atoms with Gasteiger partial charge in [-0.15, -0.1) is 0 Å². The molecular weight excluding hydrogens is 348 g/mol. The molecule has 2 amide bonds. The molecule has 0 bridgehead atoms. The van der Waals surface area contributed by atoms with Crippen LogP contribution in [0.5, 0.6) is 0 Å². The second kappa shape index (κ2) is 9.96. The van der Waals surface area contributed by atoms with Gasteiger partial charge < -0.3 is 25.3 Å². The quantitative estimate of drug-likeness (QED) is 0.715. The van der Waals surface area contributed by atoms with Gasteiger partial charge in [0.05, 0.1) is 12.0 Å². The number of nitrogens with one attached hydrogen (secondary N) is 2. The van der Waals surface area contributed by atoms with Gasteiger partial charge in [0.15, 0.2) is 0 Å². The van der Waals surface area contributed by atoms with Crippen LogP contribution in [0.1, 0.15) is 18.1 Å². The fourth-order valence-electron chi connectivity index (χ4n) is 2.35. The Morgan fingerprint density at radius 2 is 1.48 bits per heavy atom. The van der Waals surface area contributed by atoms with Gasteiger partial charge in [0, 0.05) is 0 Å². The van der Waals surface area contributed by atoms with E-state index in [1.807, 2.05) is 24.3 Å². The summed E-state index contributed by atoms with van der Waals surface area (Å²) in [6, 6.07) is 15.8. The van der Waals surface area contributed by atoms with Crippen molar-refractivity contribution in [2.45, 2.75) is 32.0 Å².